The van der Waals surface area contributed by atoms with Crippen molar-refractivity contribution in [3.8, 4) is 11.5 Å². The Kier molecular flexibility index (Phi) is 7.18. The highest BCUT2D eigenvalue weighted by molar-refractivity contribution is 5.79. The molecule has 0 radical (unpaired) electrons. The second kappa shape index (κ2) is 9.80. The van der Waals surface area contributed by atoms with Gasteiger partial charge < -0.3 is 24.8 Å². The van der Waals surface area contributed by atoms with Crippen LogP contribution in [0.3, 0.4) is 0 Å². The number of rotatable bonds is 7. The first kappa shape index (κ1) is 19.8. The Balaban J connectivity index is 1.38. The van der Waals surface area contributed by atoms with E-state index < -0.39 is 0 Å². The van der Waals surface area contributed by atoms with Gasteiger partial charge in [-0.2, -0.15) is 0 Å². The lowest BCUT2D eigenvalue weighted by Gasteiger charge is -2.35. The molecular weight excluding hydrogens is 344 g/mol. The fourth-order valence-electron chi connectivity index (χ4n) is 3.63. The van der Waals surface area contributed by atoms with Crippen molar-refractivity contribution in [2.24, 2.45) is 4.99 Å². The number of hydrogen-bond acceptors (Lipinski definition) is 5. The predicted molar refractivity (Wildman–Crippen MR) is 107 cm³/mol. The van der Waals surface area contributed by atoms with Crippen LogP contribution in [0, 0.1) is 0 Å². The lowest BCUT2D eigenvalue weighted by Crippen LogP contribution is -2.51. The summed E-state index contributed by atoms with van der Waals surface area (Å²) < 4.78 is 17.2. The monoisotopic (exact) mass is 376 g/mol. The molecule has 3 atom stereocenters. The van der Waals surface area contributed by atoms with Crippen LogP contribution in [-0.2, 0) is 4.74 Å². The van der Waals surface area contributed by atoms with Crippen LogP contribution in [0.15, 0.2) is 29.3 Å². The molecule has 2 aliphatic heterocycles. The van der Waals surface area contributed by atoms with E-state index in [-0.39, 0.29) is 12.2 Å². The number of fused-ring (bicyclic) bond motifs is 1. The van der Waals surface area contributed by atoms with E-state index >= 15 is 0 Å². The maximum Gasteiger partial charge on any atom is 0.191 e. The summed E-state index contributed by atoms with van der Waals surface area (Å²) in [4.78, 5) is 6.85. The third-order valence-electron chi connectivity index (χ3n) is 5.12. The van der Waals surface area contributed by atoms with E-state index in [1.165, 1.54) is 19.4 Å². The maximum absolute atomic E-state index is 5.99. The zero-order valence-electron chi connectivity index (χ0n) is 16.6. The molecule has 150 valence electrons. The Bertz CT molecular complexity index is 625. The van der Waals surface area contributed by atoms with Crippen molar-refractivity contribution < 1.29 is 14.2 Å². The molecule has 0 amide bonds. The Morgan fingerprint density at radius 3 is 3.04 bits per heavy atom. The van der Waals surface area contributed by atoms with Gasteiger partial charge in [0.1, 0.15) is 17.6 Å². The molecule has 3 rings (SSSR count). The van der Waals surface area contributed by atoms with E-state index in [9.17, 15) is 0 Å². The SMILES string of the molecule is CN=C(NCC(C)Oc1cccc(OC)c1)NCC1CN2CCCC2CO1. The van der Waals surface area contributed by atoms with Gasteiger partial charge >= 0.3 is 0 Å². The highest BCUT2D eigenvalue weighted by Crippen LogP contribution is 2.22. The van der Waals surface area contributed by atoms with E-state index in [1.54, 1.807) is 14.2 Å². The van der Waals surface area contributed by atoms with E-state index in [4.69, 9.17) is 14.2 Å². The van der Waals surface area contributed by atoms with E-state index in [0.29, 0.717) is 12.6 Å². The summed E-state index contributed by atoms with van der Waals surface area (Å²) in [5.74, 6) is 2.35. The molecule has 0 bridgehead atoms. The van der Waals surface area contributed by atoms with Gasteiger partial charge in [0.25, 0.3) is 0 Å². The van der Waals surface area contributed by atoms with Crippen LogP contribution in [0.5, 0.6) is 11.5 Å². The predicted octanol–water partition coefficient (Wildman–Crippen LogP) is 1.49. The van der Waals surface area contributed by atoms with Gasteiger partial charge in [0, 0.05) is 32.2 Å². The Morgan fingerprint density at radius 2 is 2.22 bits per heavy atom. The molecule has 2 fully saturated rings. The number of ether oxygens (including phenoxy) is 3. The zero-order valence-corrected chi connectivity index (χ0v) is 16.6. The minimum absolute atomic E-state index is 0.00746. The van der Waals surface area contributed by atoms with Gasteiger partial charge in [-0.3, -0.25) is 9.89 Å². The number of morpholine rings is 1. The molecule has 2 aliphatic rings. The van der Waals surface area contributed by atoms with Gasteiger partial charge in [0.2, 0.25) is 0 Å². The average molecular weight is 377 g/mol. The molecule has 0 aromatic heterocycles. The Labute approximate surface area is 162 Å². The molecule has 2 saturated heterocycles. The van der Waals surface area contributed by atoms with Gasteiger partial charge in [-0.1, -0.05) is 6.07 Å². The van der Waals surface area contributed by atoms with Crippen LogP contribution in [0.25, 0.3) is 0 Å². The van der Waals surface area contributed by atoms with Crippen LogP contribution in [-0.4, -0.2) is 76.1 Å². The standard InChI is InChI=1S/C20H32N4O3/c1-15(27-18-8-4-7-17(10-18)25-3)11-22-20(21-2)23-12-19-13-24-9-5-6-16(24)14-26-19/h4,7-8,10,15-16,19H,5-6,9,11-14H2,1-3H3,(H2,21,22,23). The van der Waals surface area contributed by atoms with Gasteiger partial charge in [-0.15, -0.1) is 0 Å². The number of hydrogen-bond donors (Lipinski definition) is 2. The molecule has 0 saturated carbocycles. The van der Waals surface area contributed by atoms with Crippen LogP contribution in [0.4, 0.5) is 0 Å². The first-order valence-corrected chi connectivity index (χ1v) is 9.79. The van der Waals surface area contributed by atoms with Crippen molar-refractivity contribution in [2.45, 2.75) is 38.0 Å². The third kappa shape index (κ3) is 5.74. The van der Waals surface area contributed by atoms with Crippen LogP contribution in [0.1, 0.15) is 19.8 Å². The van der Waals surface area contributed by atoms with E-state index in [1.807, 2.05) is 31.2 Å². The molecule has 0 spiro atoms. The number of aliphatic imine (C=N–C) groups is 1. The number of methoxy groups -OCH3 is 1. The lowest BCUT2D eigenvalue weighted by atomic mass is 10.2. The summed E-state index contributed by atoms with van der Waals surface area (Å²) in [5, 5.41) is 6.69. The molecule has 7 nitrogen and oxygen atoms in total. The summed E-state index contributed by atoms with van der Waals surface area (Å²) in [6, 6.07) is 8.27. The summed E-state index contributed by atoms with van der Waals surface area (Å²) in [5.41, 5.74) is 0. The van der Waals surface area contributed by atoms with Crippen molar-refractivity contribution in [1.29, 1.82) is 0 Å². The van der Waals surface area contributed by atoms with Gasteiger partial charge in [-0.05, 0) is 38.4 Å². The summed E-state index contributed by atoms with van der Waals surface area (Å²) in [6.45, 7) is 6.49. The number of nitrogens with zero attached hydrogens (tertiary/aromatic N) is 2. The van der Waals surface area contributed by atoms with Gasteiger partial charge in [-0.25, -0.2) is 0 Å². The van der Waals surface area contributed by atoms with Gasteiger partial charge in [0.15, 0.2) is 5.96 Å². The van der Waals surface area contributed by atoms with Crippen molar-refractivity contribution in [3.05, 3.63) is 24.3 Å². The molecular formula is C20H32N4O3. The third-order valence-corrected chi connectivity index (χ3v) is 5.12. The number of nitrogens with one attached hydrogen (secondary N) is 2. The molecule has 2 heterocycles. The van der Waals surface area contributed by atoms with Crippen LogP contribution in [0.2, 0.25) is 0 Å². The molecule has 1 aromatic rings. The second-order valence-corrected chi connectivity index (χ2v) is 7.19. The highest BCUT2D eigenvalue weighted by Gasteiger charge is 2.32. The first-order valence-electron chi connectivity index (χ1n) is 9.79. The fourth-order valence-corrected chi connectivity index (χ4v) is 3.63. The fraction of sp³-hybridized carbons (Fsp3) is 0.650. The summed E-state index contributed by atoms with van der Waals surface area (Å²) in [6.07, 6.45) is 2.77. The minimum atomic E-state index is -0.00746. The Hall–Kier alpha value is -1.99. The maximum atomic E-state index is 5.99. The smallest absolute Gasteiger partial charge is 0.191 e. The average Bonchev–Trinajstić information content (AvgIpc) is 3.16. The van der Waals surface area contributed by atoms with Crippen molar-refractivity contribution in [3.63, 3.8) is 0 Å². The molecule has 27 heavy (non-hydrogen) atoms. The van der Waals surface area contributed by atoms with Crippen molar-refractivity contribution in [1.82, 2.24) is 15.5 Å². The number of benzene rings is 1. The van der Waals surface area contributed by atoms with Crippen molar-refractivity contribution >= 4 is 5.96 Å². The number of guanidine groups is 1. The van der Waals surface area contributed by atoms with Crippen LogP contribution < -0.4 is 20.1 Å². The van der Waals surface area contributed by atoms with E-state index in [0.717, 1.165) is 37.2 Å². The highest BCUT2D eigenvalue weighted by atomic mass is 16.5. The minimum Gasteiger partial charge on any atom is -0.497 e. The lowest BCUT2D eigenvalue weighted by molar-refractivity contribution is -0.0453. The zero-order chi connectivity index (χ0) is 19.1. The Morgan fingerprint density at radius 1 is 1.37 bits per heavy atom. The summed E-state index contributed by atoms with van der Waals surface area (Å²) >= 11 is 0. The van der Waals surface area contributed by atoms with Gasteiger partial charge in [0.05, 0.1) is 26.4 Å². The molecule has 0 aliphatic carbocycles. The van der Waals surface area contributed by atoms with Crippen molar-refractivity contribution in [2.75, 3.05) is 46.9 Å². The molecule has 1 aromatic carbocycles. The largest absolute Gasteiger partial charge is 0.497 e. The second-order valence-electron chi connectivity index (χ2n) is 7.19. The molecule has 3 unspecified atom stereocenters. The molecule has 2 N–H and O–H groups in total. The molecule has 7 heteroatoms. The normalized spacial score (nSPS) is 24.2. The summed E-state index contributed by atoms with van der Waals surface area (Å²) in [7, 11) is 3.43. The first-order chi connectivity index (χ1) is 13.2. The van der Waals surface area contributed by atoms with Crippen LogP contribution >= 0.6 is 0 Å². The van der Waals surface area contributed by atoms with E-state index in [2.05, 4.69) is 20.5 Å². The quantitative estimate of drug-likeness (QED) is 0.555. The topological polar surface area (TPSA) is 67.4 Å².